The van der Waals surface area contributed by atoms with Gasteiger partial charge in [-0.05, 0) is 44.7 Å². The Hall–Kier alpha value is -1.91. The second-order valence-electron chi connectivity index (χ2n) is 7.07. The van der Waals surface area contributed by atoms with E-state index in [2.05, 4.69) is 0 Å². The predicted molar refractivity (Wildman–Crippen MR) is 100 cm³/mol. The molecular formula is C19H27N3O3S. The highest BCUT2D eigenvalue weighted by atomic mass is 32.2. The zero-order chi connectivity index (χ0) is 19.5. The average Bonchev–Trinajstić information content (AvgIpc) is 2.58. The third kappa shape index (κ3) is 4.25. The molecule has 1 aromatic carbocycles. The Labute approximate surface area is 156 Å². The van der Waals surface area contributed by atoms with Crippen molar-refractivity contribution in [2.24, 2.45) is 5.92 Å². The molecule has 0 saturated carbocycles. The molecular weight excluding hydrogens is 350 g/mol. The average molecular weight is 378 g/mol. The number of hydrogen-bond donors (Lipinski definition) is 0. The number of nitrogens with zero attached hydrogens (tertiary/aromatic N) is 3. The van der Waals surface area contributed by atoms with Crippen molar-refractivity contribution in [2.75, 3.05) is 26.7 Å². The summed E-state index contributed by atoms with van der Waals surface area (Å²) in [6.45, 7) is 6.71. The fourth-order valence-corrected chi connectivity index (χ4v) is 5.57. The topological polar surface area (TPSA) is 81.5 Å². The molecule has 142 valence electrons. The standard InChI is InChI=1S/C19H27N3O3S/c1-14-12-15(2)18(16(3)13-14)26(24,25)22-10-6-17(7-11-22)19(23)21(4)9-5-8-20/h12-13,17H,5-7,9-11H2,1-4H3. The Morgan fingerprint density at radius 3 is 2.27 bits per heavy atom. The lowest BCUT2D eigenvalue weighted by Gasteiger charge is -2.33. The number of carbonyl (C=O) groups excluding carboxylic acids is 1. The first-order valence-corrected chi connectivity index (χ1v) is 10.3. The Balaban J connectivity index is 2.10. The summed E-state index contributed by atoms with van der Waals surface area (Å²) >= 11 is 0. The van der Waals surface area contributed by atoms with Gasteiger partial charge < -0.3 is 4.90 Å². The zero-order valence-corrected chi connectivity index (χ0v) is 16.8. The van der Waals surface area contributed by atoms with E-state index in [9.17, 15) is 13.2 Å². The van der Waals surface area contributed by atoms with Crippen LogP contribution in [0.1, 0.15) is 36.0 Å². The lowest BCUT2D eigenvalue weighted by molar-refractivity contribution is -0.135. The molecule has 0 aromatic heterocycles. The summed E-state index contributed by atoms with van der Waals surface area (Å²) < 4.78 is 27.7. The van der Waals surface area contributed by atoms with Crippen LogP contribution in [-0.4, -0.2) is 50.2 Å². The van der Waals surface area contributed by atoms with Gasteiger partial charge in [0.25, 0.3) is 0 Å². The Kier molecular flexibility index (Phi) is 6.43. The van der Waals surface area contributed by atoms with E-state index in [1.165, 1.54) is 4.31 Å². The normalized spacial score (nSPS) is 16.3. The smallest absolute Gasteiger partial charge is 0.243 e. The van der Waals surface area contributed by atoms with E-state index >= 15 is 0 Å². The van der Waals surface area contributed by atoms with Crippen molar-refractivity contribution in [3.63, 3.8) is 0 Å². The largest absolute Gasteiger partial charge is 0.344 e. The quantitative estimate of drug-likeness (QED) is 0.789. The highest BCUT2D eigenvalue weighted by Crippen LogP contribution is 2.29. The van der Waals surface area contributed by atoms with E-state index in [1.54, 1.807) is 11.9 Å². The maximum Gasteiger partial charge on any atom is 0.243 e. The Bertz CT molecular complexity index is 796. The molecule has 1 aliphatic heterocycles. The lowest BCUT2D eigenvalue weighted by Crippen LogP contribution is -2.43. The van der Waals surface area contributed by atoms with Crippen molar-refractivity contribution >= 4 is 15.9 Å². The van der Waals surface area contributed by atoms with Gasteiger partial charge in [-0.25, -0.2) is 8.42 Å². The first-order valence-electron chi connectivity index (χ1n) is 8.88. The van der Waals surface area contributed by atoms with Crippen molar-refractivity contribution in [3.8, 4) is 6.07 Å². The van der Waals surface area contributed by atoms with Crippen LogP contribution < -0.4 is 0 Å². The third-order valence-electron chi connectivity index (χ3n) is 4.94. The van der Waals surface area contributed by atoms with Crippen LogP contribution in [0, 0.1) is 38.0 Å². The molecule has 1 saturated heterocycles. The monoisotopic (exact) mass is 377 g/mol. The van der Waals surface area contributed by atoms with Crippen LogP contribution in [0.25, 0.3) is 0 Å². The predicted octanol–water partition coefficient (Wildman–Crippen LogP) is 2.38. The minimum atomic E-state index is -3.56. The minimum Gasteiger partial charge on any atom is -0.344 e. The van der Waals surface area contributed by atoms with Crippen LogP contribution in [0.15, 0.2) is 17.0 Å². The van der Waals surface area contributed by atoms with Gasteiger partial charge in [0.1, 0.15) is 0 Å². The van der Waals surface area contributed by atoms with E-state index < -0.39 is 10.0 Å². The van der Waals surface area contributed by atoms with E-state index in [-0.39, 0.29) is 11.8 Å². The highest BCUT2D eigenvalue weighted by molar-refractivity contribution is 7.89. The number of piperidine rings is 1. The third-order valence-corrected chi connectivity index (χ3v) is 7.15. The molecule has 26 heavy (non-hydrogen) atoms. The molecule has 0 atom stereocenters. The van der Waals surface area contributed by atoms with Gasteiger partial charge in [0.15, 0.2) is 0 Å². The number of carbonyl (C=O) groups is 1. The molecule has 1 aromatic rings. The van der Waals surface area contributed by atoms with E-state index in [0.29, 0.717) is 43.8 Å². The molecule has 0 spiro atoms. The van der Waals surface area contributed by atoms with Gasteiger partial charge >= 0.3 is 0 Å². The van der Waals surface area contributed by atoms with Gasteiger partial charge in [0.2, 0.25) is 15.9 Å². The van der Waals surface area contributed by atoms with Gasteiger partial charge in [0.05, 0.1) is 17.4 Å². The first-order chi connectivity index (χ1) is 12.2. The van der Waals surface area contributed by atoms with Crippen molar-refractivity contribution in [2.45, 2.75) is 44.9 Å². The number of hydrogen-bond acceptors (Lipinski definition) is 4. The number of aryl methyl sites for hydroxylation is 3. The second kappa shape index (κ2) is 8.19. The molecule has 2 rings (SSSR count). The van der Waals surface area contributed by atoms with E-state index in [0.717, 1.165) is 16.7 Å². The summed E-state index contributed by atoms with van der Waals surface area (Å²) in [4.78, 5) is 14.4. The number of benzene rings is 1. The van der Waals surface area contributed by atoms with Crippen LogP contribution in [0.4, 0.5) is 0 Å². The van der Waals surface area contributed by atoms with Crippen LogP contribution >= 0.6 is 0 Å². The highest BCUT2D eigenvalue weighted by Gasteiger charge is 2.34. The van der Waals surface area contributed by atoms with Gasteiger partial charge in [-0.3, -0.25) is 4.79 Å². The lowest BCUT2D eigenvalue weighted by atomic mass is 9.96. The molecule has 0 bridgehead atoms. The number of sulfonamides is 1. The summed E-state index contributed by atoms with van der Waals surface area (Å²) in [5.41, 5.74) is 2.57. The molecule has 0 aliphatic carbocycles. The van der Waals surface area contributed by atoms with Crippen LogP contribution in [0.3, 0.4) is 0 Å². The number of nitriles is 1. The van der Waals surface area contributed by atoms with Crippen LogP contribution in [-0.2, 0) is 14.8 Å². The second-order valence-corrected chi connectivity index (χ2v) is 8.95. The van der Waals surface area contributed by atoms with E-state index in [1.807, 2.05) is 39.0 Å². The fraction of sp³-hybridized carbons (Fsp3) is 0.579. The molecule has 1 amide bonds. The van der Waals surface area contributed by atoms with Crippen molar-refractivity contribution in [3.05, 3.63) is 28.8 Å². The zero-order valence-electron chi connectivity index (χ0n) is 15.9. The summed E-state index contributed by atoms with van der Waals surface area (Å²) in [5.74, 6) is -0.176. The summed E-state index contributed by atoms with van der Waals surface area (Å²) in [7, 11) is -1.86. The van der Waals surface area contributed by atoms with Crippen LogP contribution in [0.5, 0.6) is 0 Å². The minimum absolute atomic E-state index is 0.00000465. The first kappa shape index (κ1) is 20.4. The van der Waals surface area contributed by atoms with Gasteiger partial charge in [-0.1, -0.05) is 17.7 Å². The van der Waals surface area contributed by atoms with Gasteiger partial charge in [-0.15, -0.1) is 0 Å². The molecule has 1 aliphatic rings. The Morgan fingerprint density at radius 2 is 1.77 bits per heavy atom. The maximum absolute atomic E-state index is 13.1. The molecule has 6 nitrogen and oxygen atoms in total. The summed E-state index contributed by atoms with van der Waals surface area (Å²) in [6.07, 6.45) is 1.33. The molecule has 7 heteroatoms. The summed E-state index contributed by atoms with van der Waals surface area (Å²) in [5, 5.41) is 8.64. The van der Waals surface area contributed by atoms with Crippen LogP contribution in [0.2, 0.25) is 0 Å². The van der Waals surface area contributed by atoms with Crippen molar-refractivity contribution in [1.29, 1.82) is 5.26 Å². The molecule has 0 unspecified atom stereocenters. The van der Waals surface area contributed by atoms with Gasteiger partial charge in [0, 0.05) is 32.6 Å². The number of amides is 1. The Morgan fingerprint density at radius 1 is 1.23 bits per heavy atom. The maximum atomic E-state index is 13.1. The van der Waals surface area contributed by atoms with E-state index in [4.69, 9.17) is 5.26 Å². The van der Waals surface area contributed by atoms with Crippen molar-refractivity contribution in [1.82, 2.24) is 9.21 Å². The molecule has 1 heterocycles. The SMILES string of the molecule is Cc1cc(C)c(S(=O)(=O)N2CCC(C(=O)N(C)CCC#N)CC2)c(C)c1. The summed E-state index contributed by atoms with van der Waals surface area (Å²) in [6, 6.07) is 5.81. The number of rotatable bonds is 5. The van der Waals surface area contributed by atoms with Crippen molar-refractivity contribution < 1.29 is 13.2 Å². The fourth-order valence-electron chi connectivity index (χ4n) is 3.69. The molecule has 0 radical (unpaired) electrons. The van der Waals surface area contributed by atoms with Gasteiger partial charge in [-0.2, -0.15) is 9.57 Å². The molecule has 1 fully saturated rings. The molecule has 0 N–H and O–H groups in total.